The van der Waals surface area contributed by atoms with Gasteiger partial charge in [0.05, 0.1) is 0 Å². The predicted molar refractivity (Wildman–Crippen MR) is 65.3 cm³/mol. The third kappa shape index (κ3) is 3.12. The highest BCUT2D eigenvalue weighted by molar-refractivity contribution is 8.00. The molecule has 1 heterocycles. The fourth-order valence-corrected chi connectivity index (χ4v) is 3.08. The molecule has 1 aliphatic heterocycles. The van der Waals surface area contributed by atoms with Crippen molar-refractivity contribution in [3.8, 4) is 5.75 Å². The van der Waals surface area contributed by atoms with Gasteiger partial charge in [0.25, 0.3) is 0 Å². The van der Waals surface area contributed by atoms with E-state index in [1.54, 1.807) is 6.07 Å². The zero-order valence-electron chi connectivity index (χ0n) is 9.08. The number of aromatic hydroxyl groups is 1. The number of nitrogens with one attached hydrogen (secondary N) is 1. The molecule has 0 aromatic heterocycles. The fourth-order valence-electron chi connectivity index (χ4n) is 1.84. The number of hydrogen-bond donors (Lipinski definition) is 2. The Morgan fingerprint density at radius 3 is 3.06 bits per heavy atom. The Bertz CT molecular complexity index is 353. The van der Waals surface area contributed by atoms with Crippen LogP contribution in [0.15, 0.2) is 18.2 Å². The molecular weight excluding hydrogens is 225 g/mol. The normalized spacial score (nSPS) is 20.2. The van der Waals surface area contributed by atoms with Crippen LogP contribution in [0.25, 0.3) is 0 Å². The first-order valence-corrected chi connectivity index (χ1v) is 6.60. The van der Waals surface area contributed by atoms with Crippen LogP contribution >= 0.6 is 11.8 Å². The van der Waals surface area contributed by atoms with Gasteiger partial charge in [-0.3, -0.25) is 0 Å². The van der Waals surface area contributed by atoms with E-state index in [4.69, 9.17) is 5.11 Å². The van der Waals surface area contributed by atoms with E-state index >= 15 is 0 Å². The highest BCUT2D eigenvalue weighted by atomic mass is 32.2. The van der Waals surface area contributed by atoms with Crippen molar-refractivity contribution in [3.63, 3.8) is 0 Å². The maximum absolute atomic E-state index is 13.0. The minimum atomic E-state index is -0.547. The molecule has 1 aliphatic rings. The van der Waals surface area contributed by atoms with Crippen molar-refractivity contribution in [1.29, 1.82) is 0 Å². The maximum Gasteiger partial charge on any atom is 0.165 e. The molecule has 1 atom stereocenters. The first-order chi connectivity index (χ1) is 7.75. The first-order valence-electron chi connectivity index (χ1n) is 5.55. The first kappa shape index (κ1) is 11.7. The van der Waals surface area contributed by atoms with E-state index < -0.39 is 5.82 Å². The zero-order valence-corrected chi connectivity index (χ0v) is 9.89. The third-order valence-corrected chi connectivity index (χ3v) is 4.14. The molecule has 0 bridgehead atoms. The summed E-state index contributed by atoms with van der Waals surface area (Å²) >= 11 is 2.01. The summed E-state index contributed by atoms with van der Waals surface area (Å²) in [5, 5.41) is 13.1. The standard InChI is InChI=1S/C12H16FNOS/c13-11-6-9(3-4-12(11)15)7-14-8-10-2-1-5-16-10/h3-4,6,10,14-15H,1-2,5,7-8H2. The van der Waals surface area contributed by atoms with E-state index in [0.717, 1.165) is 12.1 Å². The van der Waals surface area contributed by atoms with Crippen molar-refractivity contribution >= 4 is 11.8 Å². The van der Waals surface area contributed by atoms with E-state index in [1.165, 1.54) is 30.7 Å². The molecule has 1 fully saturated rings. The largest absolute Gasteiger partial charge is 0.505 e. The van der Waals surface area contributed by atoms with Crippen molar-refractivity contribution in [2.24, 2.45) is 0 Å². The molecule has 2 rings (SSSR count). The smallest absolute Gasteiger partial charge is 0.165 e. The number of hydrogen-bond acceptors (Lipinski definition) is 3. The molecule has 0 aliphatic carbocycles. The molecule has 1 unspecified atom stereocenters. The number of phenolic OH excluding ortho intramolecular Hbond substituents is 1. The van der Waals surface area contributed by atoms with Gasteiger partial charge in [0.15, 0.2) is 11.6 Å². The van der Waals surface area contributed by atoms with Gasteiger partial charge in [0.1, 0.15) is 0 Å². The second-order valence-corrected chi connectivity index (χ2v) is 5.46. The Balaban J connectivity index is 1.78. The Morgan fingerprint density at radius 1 is 1.50 bits per heavy atom. The molecule has 88 valence electrons. The number of phenols is 1. The lowest BCUT2D eigenvalue weighted by molar-refractivity contribution is 0.431. The van der Waals surface area contributed by atoms with Crippen molar-refractivity contribution in [1.82, 2.24) is 5.32 Å². The molecule has 1 saturated heterocycles. The summed E-state index contributed by atoms with van der Waals surface area (Å²) in [4.78, 5) is 0. The van der Waals surface area contributed by atoms with E-state index in [-0.39, 0.29) is 5.75 Å². The van der Waals surface area contributed by atoms with Crippen LogP contribution in [0.3, 0.4) is 0 Å². The third-order valence-electron chi connectivity index (χ3n) is 2.74. The molecule has 4 heteroatoms. The Hall–Kier alpha value is -0.740. The lowest BCUT2D eigenvalue weighted by Crippen LogP contribution is -2.22. The lowest BCUT2D eigenvalue weighted by atomic mass is 10.2. The van der Waals surface area contributed by atoms with Crippen LogP contribution in [0.5, 0.6) is 5.75 Å². The summed E-state index contributed by atoms with van der Waals surface area (Å²) in [5.74, 6) is 0.435. The van der Waals surface area contributed by atoms with Crippen LogP contribution in [0, 0.1) is 5.82 Å². The van der Waals surface area contributed by atoms with Crippen LogP contribution in [-0.4, -0.2) is 22.7 Å². The van der Waals surface area contributed by atoms with Crippen LogP contribution in [-0.2, 0) is 6.54 Å². The summed E-state index contributed by atoms with van der Waals surface area (Å²) in [5.41, 5.74) is 0.873. The second-order valence-electron chi connectivity index (χ2n) is 4.05. The predicted octanol–water partition coefficient (Wildman–Crippen LogP) is 2.52. The van der Waals surface area contributed by atoms with Crippen LogP contribution in [0.4, 0.5) is 4.39 Å². The summed E-state index contributed by atoms with van der Waals surface area (Å²) in [6, 6.07) is 4.52. The van der Waals surface area contributed by atoms with E-state index in [9.17, 15) is 4.39 Å². The molecule has 2 nitrogen and oxygen atoms in total. The summed E-state index contributed by atoms with van der Waals surface area (Å²) in [6.45, 7) is 1.64. The average Bonchev–Trinajstić information content (AvgIpc) is 2.76. The second kappa shape index (κ2) is 5.55. The molecule has 1 aromatic carbocycles. The van der Waals surface area contributed by atoms with Crippen molar-refractivity contribution in [2.75, 3.05) is 12.3 Å². The zero-order chi connectivity index (χ0) is 11.4. The number of halogens is 1. The number of rotatable bonds is 4. The van der Waals surface area contributed by atoms with Gasteiger partial charge in [-0.15, -0.1) is 0 Å². The minimum Gasteiger partial charge on any atom is -0.505 e. The van der Waals surface area contributed by atoms with E-state index in [1.807, 2.05) is 11.8 Å². The van der Waals surface area contributed by atoms with Crippen LogP contribution < -0.4 is 5.32 Å². The molecule has 0 spiro atoms. The van der Waals surface area contributed by atoms with Gasteiger partial charge in [-0.1, -0.05) is 6.07 Å². The average molecular weight is 241 g/mol. The quantitative estimate of drug-likeness (QED) is 0.849. The van der Waals surface area contributed by atoms with E-state index in [2.05, 4.69) is 5.32 Å². The molecular formula is C12H16FNOS. The van der Waals surface area contributed by atoms with Gasteiger partial charge in [0, 0.05) is 18.3 Å². The number of thioether (sulfide) groups is 1. The lowest BCUT2D eigenvalue weighted by Gasteiger charge is -2.10. The van der Waals surface area contributed by atoms with Gasteiger partial charge in [-0.05, 0) is 36.3 Å². The Kier molecular flexibility index (Phi) is 4.07. The molecule has 0 radical (unpaired) electrons. The molecule has 1 aromatic rings. The fraction of sp³-hybridized carbons (Fsp3) is 0.500. The molecule has 2 N–H and O–H groups in total. The highest BCUT2D eigenvalue weighted by Gasteiger charge is 2.14. The monoisotopic (exact) mass is 241 g/mol. The van der Waals surface area contributed by atoms with Gasteiger partial charge in [0.2, 0.25) is 0 Å². The van der Waals surface area contributed by atoms with Crippen LogP contribution in [0.2, 0.25) is 0 Å². The van der Waals surface area contributed by atoms with Gasteiger partial charge < -0.3 is 10.4 Å². The van der Waals surface area contributed by atoms with Crippen LogP contribution in [0.1, 0.15) is 18.4 Å². The Morgan fingerprint density at radius 2 is 2.38 bits per heavy atom. The maximum atomic E-state index is 13.0. The van der Waals surface area contributed by atoms with Gasteiger partial charge in [-0.2, -0.15) is 11.8 Å². The van der Waals surface area contributed by atoms with E-state index in [0.29, 0.717) is 11.8 Å². The molecule has 0 saturated carbocycles. The van der Waals surface area contributed by atoms with Gasteiger partial charge in [-0.25, -0.2) is 4.39 Å². The SMILES string of the molecule is Oc1ccc(CNCC2CCCS2)cc1F. The highest BCUT2D eigenvalue weighted by Crippen LogP contribution is 2.25. The van der Waals surface area contributed by atoms with Crippen molar-refractivity contribution < 1.29 is 9.50 Å². The topological polar surface area (TPSA) is 32.3 Å². The molecule has 0 amide bonds. The summed E-state index contributed by atoms with van der Waals surface area (Å²) in [6.07, 6.45) is 2.59. The van der Waals surface area contributed by atoms with Crippen molar-refractivity contribution in [2.45, 2.75) is 24.6 Å². The number of benzene rings is 1. The minimum absolute atomic E-state index is 0.282. The molecule has 16 heavy (non-hydrogen) atoms. The Labute approximate surface area is 99.2 Å². The van der Waals surface area contributed by atoms with Crippen molar-refractivity contribution in [3.05, 3.63) is 29.6 Å². The summed E-state index contributed by atoms with van der Waals surface area (Å²) in [7, 11) is 0. The summed E-state index contributed by atoms with van der Waals surface area (Å²) < 4.78 is 13.0. The van der Waals surface area contributed by atoms with Gasteiger partial charge >= 0.3 is 0 Å².